The van der Waals surface area contributed by atoms with Crippen molar-refractivity contribution in [1.82, 2.24) is 10.6 Å². The van der Waals surface area contributed by atoms with Gasteiger partial charge in [-0.2, -0.15) is 0 Å². The van der Waals surface area contributed by atoms with Gasteiger partial charge in [0, 0.05) is 12.0 Å². The third kappa shape index (κ3) is 5.58. The van der Waals surface area contributed by atoms with Crippen molar-refractivity contribution in [2.75, 3.05) is 13.1 Å². The maximum Gasteiger partial charge on any atom is 0.223 e. The highest BCUT2D eigenvalue weighted by Gasteiger charge is 2.24. The SMILES string of the molecule is CC(CCc1cccc(F)c1)C(=O)NC1CCNCC1C.Cl. The molecule has 1 fully saturated rings. The van der Waals surface area contributed by atoms with Gasteiger partial charge in [0.2, 0.25) is 5.91 Å². The first kappa shape index (κ1) is 18.9. The second kappa shape index (κ2) is 9.11. The molecule has 1 heterocycles. The van der Waals surface area contributed by atoms with Crippen molar-refractivity contribution < 1.29 is 9.18 Å². The number of amides is 1. The summed E-state index contributed by atoms with van der Waals surface area (Å²) >= 11 is 0. The first-order valence-electron chi connectivity index (χ1n) is 7.82. The maximum absolute atomic E-state index is 13.1. The van der Waals surface area contributed by atoms with Crippen LogP contribution in [-0.2, 0) is 11.2 Å². The van der Waals surface area contributed by atoms with E-state index in [0.29, 0.717) is 5.92 Å². The van der Waals surface area contributed by atoms with E-state index in [1.807, 2.05) is 13.0 Å². The summed E-state index contributed by atoms with van der Waals surface area (Å²) in [7, 11) is 0. The summed E-state index contributed by atoms with van der Waals surface area (Å²) in [5.41, 5.74) is 0.949. The second-order valence-electron chi connectivity index (χ2n) is 6.15. The average molecular weight is 329 g/mol. The highest BCUT2D eigenvalue weighted by atomic mass is 35.5. The zero-order valence-corrected chi connectivity index (χ0v) is 14.1. The summed E-state index contributed by atoms with van der Waals surface area (Å²) in [5, 5.41) is 6.50. The largest absolute Gasteiger partial charge is 0.353 e. The van der Waals surface area contributed by atoms with Crippen molar-refractivity contribution in [3.8, 4) is 0 Å². The normalized spacial score (nSPS) is 22.5. The van der Waals surface area contributed by atoms with E-state index in [4.69, 9.17) is 0 Å². The fraction of sp³-hybridized carbons (Fsp3) is 0.588. The van der Waals surface area contributed by atoms with Gasteiger partial charge in [-0.05, 0) is 56.0 Å². The minimum Gasteiger partial charge on any atom is -0.353 e. The van der Waals surface area contributed by atoms with Gasteiger partial charge < -0.3 is 10.6 Å². The Labute approximate surface area is 138 Å². The Bertz CT molecular complexity index is 483. The minimum absolute atomic E-state index is 0. The lowest BCUT2D eigenvalue weighted by molar-refractivity contribution is -0.125. The monoisotopic (exact) mass is 328 g/mol. The summed E-state index contributed by atoms with van der Waals surface area (Å²) in [5.74, 6) is 0.326. The Balaban J connectivity index is 0.00000242. The van der Waals surface area contributed by atoms with Crippen molar-refractivity contribution in [3.63, 3.8) is 0 Å². The number of hydrogen-bond acceptors (Lipinski definition) is 2. The van der Waals surface area contributed by atoms with Gasteiger partial charge in [-0.3, -0.25) is 4.79 Å². The molecule has 22 heavy (non-hydrogen) atoms. The summed E-state index contributed by atoms with van der Waals surface area (Å²) < 4.78 is 13.1. The Morgan fingerprint density at radius 3 is 2.95 bits per heavy atom. The molecule has 2 rings (SSSR count). The highest BCUT2D eigenvalue weighted by Crippen LogP contribution is 2.14. The molecule has 3 unspecified atom stereocenters. The van der Waals surface area contributed by atoms with Crippen molar-refractivity contribution in [1.29, 1.82) is 0 Å². The number of halogens is 2. The first-order chi connectivity index (χ1) is 10.1. The Kier molecular flexibility index (Phi) is 7.83. The summed E-state index contributed by atoms with van der Waals surface area (Å²) in [6.45, 7) is 6.03. The number of carbonyl (C=O) groups excluding carboxylic acids is 1. The molecular formula is C17H26ClFN2O. The van der Waals surface area contributed by atoms with Crippen molar-refractivity contribution in [3.05, 3.63) is 35.6 Å². The fourth-order valence-electron chi connectivity index (χ4n) is 2.76. The molecule has 1 aliphatic rings. The van der Waals surface area contributed by atoms with Crippen LogP contribution in [0.1, 0.15) is 32.3 Å². The molecule has 0 bridgehead atoms. The van der Waals surface area contributed by atoms with Crippen LogP contribution in [0, 0.1) is 17.7 Å². The predicted octanol–water partition coefficient (Wildman–Crippen LogP) is 2.93. The lowest BCUT2D eigenvalue weighted by Crippen LogP contribution is -2.49. The van der Waals surface area contributed by atoms with Gasteiger partial charge >= 0.3 is 0 Å². The Morgan fingerprint density at radius 1 is 1.50 bits per heavy atom. The van der Waals surface area contributed by atoms with E-state index in [1.165, 1.54) is 6.07 Å². The molecule has 0 saturated carbocycles. The van der Waals surface area contributed by atoms with E-state index in [-0.39, 0.29) is 36.1 Å². The van der Waals surface area contributed by atoms with Gasteiger partial charge in [0.05, 0.1) is 0 Å². The molecule has 3 nitrogen and oxygen atoms in total. The molecular weight excluding hydrogens is 303 g/mol. The van der Waals surface area contributed by atoms with Gasteiger partial charge in [-0.25, -0.2) is 4.39 Å². The Hall–Kier alpha value is -1.13. The van der Waals surface area contributed by atoms with E-state index in [2.05, 4.69) is 17.6 Å². The van der Waals surface area contributed by atoms with Gasteiger partial charge in [-0.1, -0.05) is 26.0 Å². The van der Waals surface area contributed by atoms with Crippen LogP contribution in [0.4, 0.5) is 4.39 Å². The van der Waals surface area contributed by atoms with Crippen LogP contribution in [0.15, 0.2) is 24.3 Å². The number of benzene rings is 1. The van der Waals surface area contributed by atoms with E-state index in [9.17, 15) is 9.18 Å². The molecule has 0 aromatic heterocycles. The number of rotatable bonds is 5. The molecule has 0 radical (unpaired) electrons. The molecule has 5 heteroatoms. The molecule has 1 saturated heterocycles. The molecule has 1 aromatic carbocycles. The lowest BCUT2D eigenvalue weighted by atomic mass is 9.93. The van der Waals surface area contributed by atoms with Crippen LogP contribution in [0.3, 0.4) is 0 Å². The molecule has 1 amide bonds. The van der Waals surface area contributed by atoms with Gasteiger partial charge in [0.25, 0.3) is 0 Å². The summed E-state index contributed by atoms with van der Waals surface area (Å²) in [6, 6.07) is 6.88. The van der Waals surface area contributed by atoms with Crippen LogP contribution in [0.2, 0.25) is 0 Å². The smallest absolute Gasteiger partial charge is 0.223 e. The van der Waals surface area contributed by atoms with Gasteiger partial charge in [0.15, 0.2) is 0 Å². The number of nitrogens with one attached hydrogen (secondary N) is 2. The van der Waals surface area contributed by atoms with E-state index >= 15 is 0 Å². The quantitative estimate of drug-likeness (QED) is 0.872. The van der Waals surface area contributed by atoms with Crippen LogP contribution in [0.5, 0.6) is 0 Å². The van der Waals surface area contributed by atoms with Gasteiger partial charge in [0.1, 0.15) is 5.82 Å². The molecule has 1 aromatic rings. The highest BCUT2D eigenvalue weighted by molar-refractivity contribution is 5.85. The Morgan fingerprint density at radius 2 is 2.27 bits per heavy atom. The van der Waals surface area contributed by atoms with Crippen LogP contribution >= 0.6 is 12.4 Å². The fourth-order valence-corrected chi connectivity index (χ4v) is 2.76. The number of hydrogen-bond donors (Lipinski definition) is 2. The van der Waals surface area contributed by atoms with Crippen LogP contribution in [0.25, 0.3) is 0 Å². The number of aryl methyl sites for hydroxylation is 1. The third-order valence-corrected chi connectivity index (χ3v) is 4.32. The zero-order chi connectivity index (χ0) is 15.2. The van der Waals surface area contributed by atoms with E-state index in [0.717, 1.165) is 37.9 Å². The standard InChI is InChI=1S/C17H25FN2O.ClH/c1-12(6-7-14-4-3-5-15(18)10-14)17(21)20-16-8-9-19-11-13(16)2;/h3-5,10,12-13,16,19H,6-9,11H2,1-2H3,(H,20,21);1H. The van der Waals surface area contributed by atoms with Crippen LogP contribution in [-0.4, -0.2) is 25.0 Å². The average Bonchev–Trinajstić information content (AvgIpc) is 2.47. The minimum atomic E-state index is -0.215. The maximum atomic E-state index is 13.1. The molecule has 1 aliphatic heterocycles. The zero-order valence-electron chi connectivity index (χ0n) is 13.3. The second-order valence-corrected chi connectivity index (χ2v) is 6.15. The third-order valence-electron chi connectivity index (χ3n) is 4.32. The molecule has 2 N–H and O–H groups in total. The lowest BCUT2D eigenvalue weighted by Gasteiger charge is -2.31. The van der Waals surface area contributed by atoms with Crippen molar-refractivity contribution >= 4 is 18.3 Å². The van der Waals surface area contributed by atoms with E-state index < -0.39 is 0 Å². The topological polar surface area (TPSA) is 41.1 Å². The summed E-state index contributed by atoms with van der Waals surface area (Å²) in [4.78, 5) is 12.2. The number of piperidine rings is 1. The first-order valence-corrected chi connectivity index (χ1v) is 7.82. The van der Waals surface area contributed by atoms with Crippen molar-refractivity contribution in [2.24, 2.45) is 11.8 Å². The molecule has 124 valence electrons. The number of carbonyl (C=O) groups is 1. The van der Waals surface area contributed by atoms with Crippen LogP contribution < -0.4 is 10.6 Å². The van der Waals surface area contributed by atoms with E-state index in [1.54, 1.807) is 12.1 Å². The predicted molar refractivity (Wildman–Crippen MR) is 89.7 cm³/mol. The molecule has 0 spiro atoms. The molecule has 3 atom stereocenters. The van der Waals surface area contributed by atoms with Gasteiger partial charge in [-0.15, -0.1) is 12.4 Å². The van der Waals surface area contributed by atoms with Crippen molar-refractivity contribution in [2.45, 2.75) is 39.2 Å². The summed E-state index contributed by atoms with van der Waals surface area (Å²) in [6.07, 6.45) is 2.46. The molecule has 0 aliphatic carbocycles.